The molecule has 0 saturated heterocycles. The van der Waals surface area contributed by atoms with Crippen molar-refractivity contribution < 1.29 is 9.90 Å². The van der Waals surface area contributed by atoms with E-state index >= 15 is 0 Å². The number of nitrogens with zero attached hydrogens (tertiary/aromatic N) is 2. The summed E-state index contributed by atoms with van der Waals surface area (Å²) < 4.78 is 0. The zero-order valence-corrected chi connectivity index (χ0v) is 14.3. The van der Waals surface area contributed by atoms with E-state index in [0.29, 0.717) is 18.1 Å². The van der Waals surface area contributed by atoms with Crippen molar-refractivity contribution in [1.82, 2.24) is 20.6 Å². The molecule has 2 aliphatic rings. The van der Waals surface area contributed by atoms with Gasteiger partial charge in [0.15, 0.2) is 0 Å². The Labute approximate surface area is 154 Å². The fourth-order valence-corrected chi connectivity index (χ4v) is 3.63. The van der Waals surface area contributed by atoms with Crippen LogP contribution in [0.5, 0.6) is 0 Å². The molecule has 0 radical (unpaired) electrons. The van der Waals surface area contributed by atoms with Crippen molar-refractivity contribution in [2.75, 3.05) is 0 Å². The van der Waals surface area contributed by atoms with Crippen LogP contribution in [-0.4, -0.2) is 33.0 Å². The number of guanidine groups is 1. The Bertz CT molecular complexity index is 1110. The molecule has 1 aliphatic carbocycles. The van der Waals surface area contributed by atoms with Gasteiger partial charge in [-0.1, -0.05) is 30.3 Å². The first-order chi connectivity index (χ1) is 13.2. The van der Waals surface area contributed by atoms with E-state index in [4.69, 9.17) is 0 Å². The lowest BCUT2D eigenvalue weighted by Gasteiger charge is -2.18. The summed E-state index contributed by atoms with van der Waals surface area (Å²) in [7, 11) is 0. The highest BCUT2D eigenvalue weighted by Crippen LogP contribution is 2.31. The minimum atomic E-state index is -0.558. The van der Waals surface area contributed by atoms with Gasteiger partial charge in [0, 0.05) is 6.42 Å². The number of aliphatic imine (C=N–C) groups is 1. The second-order valence-electron chi connectivity index (χ2n) is 6.72. The Morgan fingerprint density at radius 2 is 2.11 bits per heavy atom. The monoisotopic (exact) mass is 359 g/mol. The largest absolute Gasteiger partial charge is 0.390 e. The van der Waals surface area contributed by atoms with E-state index in [2.05, 4.69) is 25.6 Å². The quantitative estimate of drug-likeness (QED) is 0.522. The minimum Gasteiger partial charge on any atom is -0.390 e. The standard InChI is InChI=1S/C20H17N5O2/c26-17-9-12-3-1-2-4-13(12)18(17)24-20-23-16(19(27)25-20)8-11-5-6-14-15(7-11)22-10-21-14/h1-8,10,17-18,26H,9H2,(H,21,22)(H2,23,24,25,27)/b16-8-/t17-,18-/m0/s1. The highest BCUT2D eigenvalue weighted by molar-refractivity contribution is 6.13. The molecule has 1 amide bonds. The van der Waals surface area contributed by atoms with Gasteiger partial charge in [-0.05, 0) is 34.9 Å². The number of nitrogens with one attached hydrogen (secondary N) is 3. The molecule has 0 spiro atoms. The molecule has 5 rings (SSSR count). The number of hydrogen-bond acceptors (Lipinski definition) is 5. The molecule has 0 unspecified atom stereocenters. The lowest BCUT2D eigenvalue weighted by atomic mass is 10.1. The molecule has 0 fully saturated rings. The average molecular weight is 359 g/mol. The molecule has 7 heteroatoms. The third-order valence-corrected chi connectivity index (χ3v) is 4.94. The van der Waals surface area contributed by atoms with E-state index in [-0.39, 0.29) is 11.9 Å². The van der Waals surface area contributed by atoms with Crippen LogP contribution >= 0.6 is 0 Å². The molecule has 2 heterocycles. The number of aliphatic hydroxyl groups is 1. The van der Waals surface area contributed by atoms with Crippen LogP contribution in [0.15, 0.2) is 59.5 Å². The van der Waals surface area contributed by atoms with E-state index in [1.54, 1.807) is 12.4 Å². The number of benzene rings is 2. The Kier molecular flexibility index (Phi) is 3.54. The third kappa shape index (κ3) is 2.78. The molecule has 3 aromatic rings. The predicted molar refractivity (Wildman–Crippen MR) is 102 cm³/mol. The summed E-state index contributed by atoms with van der Waals surface area (Å²) >= 11 is 0. The van der Waals surface area contributed by atoms with E-state index < -0.39 is 6.10 Å². The summed E-state index contributed by atoms with van der Waals surface area (Å²) in [4.78, 5) is 23.9. The van der Waals surface area contributed by atoms with Gasteiger partial charge in [0.1, 0.15) is 5.70 Å². The SMILES string of the molecule is O=C1NC(N[C@H]2c3ccccc3C[C@@H]2O)=N/C1=C\c1ccc2[nH]cnc2c1. The maximum Gasteiger partial charge on any atom is 0.276 e. The summed E-state index contributed by atoms with van der Waals surface area (Å²) in [5.41, 5.74) is 5.06. The Morgan fingerprint density at radius 3 is 3.04 bits per heavy atom. The number of fused-ring (bicyclic) bond motifs is 2. The van der Waals surface area contributed by atoms with Gasteiger partial charge in [-0.3, -0.25) is 10.1 Å². The number of rotatable bonds is 2. The number of carbonyl (C=O) groups excluding carboxylic acids is 1. The Morgan fingerprint density at radius 1 is 1.22 bits per heavy atom. The Hall–Kier alpha value is -3.45. The number of hydrogen-bond donors (Lipinski definition) is 4. The molecule has 1 aliphatic heterocycles. The number of aromatic amines is 1. The molecule has 7 nitrogen and oxygen atoms in total. The molecule has 4 N–H and O–H groups in total. The van der Waals surface area contributed by atoms with E-state index in [1.807, 2.05) is 42.5 Å². The van der Waals surface area contributed by atoms with Crippen molar-refractivity contribution in [2.24, 2.45) is 4.99 Å². The molecule has 0 bridgehead atoms. The third-order valence-electron chi connectivity index (χ3n) is 4.94. The van der Waals surface area contributed by atoms with Crippen molar-refractivity contribution in [2.45, 2.75) is 18.6 Å². The van der Waals surface area contributed by atoms with Crippen LogP contribution < -0.4 is 10.6 Å². The highest BCUT2D eigenvalue weighted by Gasteiger charge is 2.33. The second kappa shape index (κ2) is 6.07. The van der Waals surface area contributed by atoms with Crippen molar-refractivity contribution in [1.29, 1.82) is 0 Å². The summed E-state index contributed by atoms with van der Waals surface area (Å²) in [5, 5.41) is 16.3. The molecule has 27 heavy (non-hydrogen) atoms. The highest BCUT2D eigenvalue weighted by atomic mass is 16.3. The lowest BCUT2D eigenvalue weighted by Crippen LogP contribution is -2.41. The van der Waals surface area contributed by atoms with Crippen molar-refractivity contribution >= 4 is 29.0 Å². The molecule has 2 atom stereocenters. The van der Waals surface area contributed by atoms with E-state index in [9.17, 15) is 9.90 Å². The number of aromatic nitrogens is 2. The van der Waals surface area contributed by atoms with E-state index in [0.717, 1.165) is 27.7 Å². The zero-order chi connectivity index (χ0) is 18.4. The second-order valence-corrected chi connectivity index (χ2v) is 6.72. The normalized spacial score (nSPS) is 22.8. The van der Waals surface area contributed by atoms with Gasteiger partial charge in [-0.25, -0.2) is 9.98 Å². The smallest absolute Gasteiger partial charge is 0.276 e. The van der Waals surface area contributed by atoms with Gasteiger partial charge >= 0.3 is 0 Å². The van der Waals surface area contributed by atoms with Gasteiger partial charge in [0.25, 0.3) is 5.91 Å². The zero-order valence-electron chi connectivity index (χ0n) is 14.3. The maximum atomic E-state index is 12.3. The van der Waals surface area contributed by atoms with Crippen LogP contribution in [0.2, 0.25) is 0 Å². The minimum absolute atomic E-state index is 0.277. The predicted octanol–water partition coefficient (Wildman–Crippen LogP) is 1.64. The van der Waals surface area contributed by atoms with Crippen LogP contribution in [0.4, 0.5) is 0 Å². The number of H-pyrrole nitrogens is 1. The molecule has 2 aromatic carbocycles. The van der Waals surface area contributed by atoms with Gasteiger partial charge in [-0.2, -0.15) is 0 Å². The molecule has 1 aromatic heterocycles. The first kappa shape index (κ1) is 15.8. The Balaban J connectivity index is 1.41. The number of imidazole rings is 1. The average Bonchev–Trinajstić information content (AvgIpc) is 3.34. The van der Waals surface area contributed by atoms with E-state index in [1.165, 1.54) is 0 Å². The summed E-state index contributed by atoms with van der Waals surface area (Å²) in [5.74, 6) is 0.0771. The lowest BCUT2D eigenvalue weighted by molar-refractivity contribution is -0.115. The fourth-order valence-electron chi connectivity index (χ4n) is 3.63. The van der Waals surface area contributed by atoms with Gasteiger partial charge in [-0.15, -0.1) is 0 Å². The molecule has 134 valence electrons. The first-order valence-electron chi connectivity index (χ1n) is 8.75. The van der Waals surface area contributed by atoms with Crippen LogP contribution in [0.1, 0.15) is 22.7 Å². The van der Waals surface area contributed by atoms with Crippen LogP contribution in [0.3, 0.4) is 0 Å². The fraction of sp³-hybridized carbons (Fsp3) is 0.150. The van der Waals surface area contributed by atoms with Gasteiger partial charge < -0.3 is 15.4 Å². The van der Waals surface area contributed by atoms with Crippen molar-refractivity contribution in [3.8, 4) is 0 Å². The van der Waals surface area contributed by atoms with Crippen molar-refractivity contribution in [3.05, 3.63) is 71.2 Å². The molecule has 0 saturated carbocycles. The van der Waals surface area contributed by atoms with Gasteiger partial charge in [0.05, 0.1) is 29.5 Å². The van der Waals surface area contributed by atoms with Crippen LogP contribution in [-0.2, 0) is 11.2 Å². The van der Waals surface area contributed by atoms with Crippen molar-refractivity contribution in [3.63, 3.8) is 0 Å². The summed E-state index contributed by atoms with van der Waals surface area (Å²) in [6.45, 7) is 0. The number of amides is 1. The summed E-state index contributed by atoms with van der Waals surface area (Å²) in [6, 6.07) is 13.3. The van der Waals surface area contributed by atoms with Crippen LogP contribution in [0.25, 0.3) is 17.1 Å². The van der Waals surface area contributed by atoms with Crippen LogP contribution in [0, 0.1) is 0 Å². The number of aliphatic hydroxyl groups excluding tert-OH is 1. The first-order valence-corrected chi connectivity index (χ1v) is 8.75. The number of carbonyl (C=O) groups is 1. The maximum absolute atomic E-state index is 12.3. The van der Waals surface area contributed by atoms with Gasteiger partial charge in [0.2, 0.25) is 5.96 Å². The molecular weight excluding hydrogens is 342 g/mol. The molecular formula is C20H17N5O2. The summed E-state index contributed by atoms with van der Waals surface area (Å²) in [6.07, 6.45) is 3.38. The topological polar surface area (TPSA) is 102 Å².